The van der Waals surface area contributed by atoms with Gasteiger partial charge >= 0.3 is 0 Å². The van der Waals surface area contributed by atoms with Crippen LogP contribution in [-0.2, 0) is 4.79 Å². The zero-order valence-corrected chi connectivity index (χ0v) is 11.7. The second-order valence-corrected chi connectivity index (χ2v) is 4.73. The van der Waals surface area contributed by atoms with Crippen molar-refractivity contribution in [3.8, 4) is 11.5 Å². The van der Waals surface area contributed by atoms with Gasteiger partial charge in [-0.05, 0) is 19.4 Å². The lowest BCUT2D eigenvalue weighted by Crippen LogP contribution is -2.35. The first kappa shape index (κ1) is 14.0. The Morgan fingerprint density at radius 1 is 1.37 bits per heavy atom. The number of carbonyl (C=O) groups excluding carboxylic acids is 1. The van der Waals surface area contributed by atoms with Crippen LogP contribution in [0.1, 0.15) is 12.8 Å². The van der Waals surface area contributed by atoms with Crippen molar-refractivity contribution < 1.29 is 14.3 Å². The van der Waals surface area contributed by atoms with Gasteiger partial charge in [0.15, 0.2) is 11.5 Å². The van der Waals surface area contributed by atoms with Gasteiger partial charge in [0.05, 0.1) is 31.0 Å². The lowest BCUT2D eigenvalue weighted by Gasteiger charge is -2.15. The highest BCUT2D eigenvalue weighted by molar-refractivity contribution is 6.34. The SMILES string of the molecule is COc1cc(Cl)c(NC(=O)C2CCCN2)cc1OC. The van der Waals surface area contributed by atoms with Gasteiger partial charge < -0.3 is 20.1 Å². The molecule has 19 heavy (non-hydrogen) atoms. The van der Waals surface area contributed by atoms with E-state index in [4.69, 9.17) is 21.1 Å². The minimum atomic E-state index is -0.149. The summed E-state index contributed by atoms with van der Waals surface area (Å²) in [4.78, 5) is 12.0. The molecule has 0 spiro atoms. The number of anilines is 1. The number of amides is 1. The van der Waals surface area contributed by atoms with Crippen LogP contribution in [0.4, 0.5) is 5.69 Å². The summed E-state index contributed by atoms with van der Waals surface area (Å²) < 4.78 is 10.3. The first-order valence-corrected chi connectivity index (χ1v) is 6.49. The molecule has 0 saturated carbocycles. The number of hydrogen-bond donors (Lipinski definition) is 2. The standard InChI is InChI=1S/C13H17ClN2O3/c1-18-11-6-8(14)10(7-12(11)19-2)16-13(17)9-4-3-5-15-9/h6-7,9,15H,3-5H2,1-2H3,(H,16,17). The molecule has 6 heteroatoms. The van der Waals surface area contributed by atoms with Crippen molar-refractivity contribution in [2.24, 2.45) is 0 Å². The summed E-state index contributed by atoms with van der Waals surface area (Å²) in [6.45, 7) is 0.873. The number of hydrogen-bond acceptors (Lipinski definition) is 4. The Labute approximate surface area is 117 Å². The van der Waals surface area contributed by atoms with Crippen LogP contribution in [0.2, 0.25) is 5.02 Å². The monoisotopic (exact) mass is 284 g/mol. The fourth-order valence-electron chi connectivity index (χ4n) is 2.08. The summed E-state index contributed by atoms with van der Waals surface area (Å²) in [5.41, 5.74) is 0.526. The van der Waals surface area contributed by atoms with Gasteiger partial charge in [-0.25, -0.2) is 0 Å². The molecule has 0 aromatic heterocycles. The van der Waals surface area contributed by atoms with Crippen LogP contribution in [0.25, 0.3) is 0 Å². The Morgan fingerprint density at radius 2 is 2.05 bits per heavy atom. The first-order chi connectivity index (χ1) is 9.15. The maximum Gasteiger partial charge on any atom is 0.241 e. The van der Waals surface area contributed by atoms with Crippen molar-refractivity contribution >= 4 is 23.2 Å². The van der Waals surface area contributed by atoms with Crippen molar-refractivity contribution in [3.63, 3.8) is 0 Å². The third-order valence-corrected chi connectivity index (χ3v) is 3.42. The Kier molecular flexibility index (Phi) is 4.50. The van der Waals surface area contributed by atoms with Crippen LogP contribution < -0.4 is 20.1 Å². The van der Waals surface area contributed by atoms with Gasteiger partial charge in [-0.2, -0.15) is 0 Å². The maximum atomic E-state index is 12.0. The molecule has 2 N–H and O–H groups in total. The number of nitrogens with one attached hydrogen (secondary N) is 2. The molecule has 1 aliphatic heterocycles. The molecule has 0 radical (unpaired) electrons. The normalized spacial score (nSPS) is 18.2. The van der Waals surface area contributed by atoms with E-state index in [1.165, 1.54) is 14.2 Å². The van der Waals surface area contributed by atoms with Gasteiger partial charge in [0.1, 0.15) is 0 Å². The number of benzene rings is 1. The molecule has 2 rings (SSSR count). The fourth-order valence-corrected chi connectivity index (χ4v) is 2.28. The number of rotatable bonds is 4. The third-order valence-electron chi connectivity index (χ3n) is 3.11. The van der Waals surface area contributed by atoms with Gasteiger partial charge in [-0.15, -0.1) is 0 Å². The molecule has 1 atom stereocenters. The average molecular weight is 285 g/mol. The lowest BCUT2D eigenvalue weighted by atomic mass is 10.2. The van der Waals surface area contributed by atoms with Crippen molar-refractivity contribution in [3.05, 3.63) is 17.2 Å². The molecular formula is C13H17ClN2O3. The summed E-state index contributed by atoms with van der Waals surface area (Å²) in [5.74, 6) is 0.984. The Bertz CT molecular complexity index is 473. The highest BCUT2D eigenvalue weighted by Crippen LogP contribution is 2.36. The molecule has 1 aromatic carbocycles. The second-order valence-electron chi connectivity index (χ2n) is 4.33. The van der Waals surface area contributed by atoms with E-state index in [1.54, 1.807) is 12.1 Å². The summed E-state index contributed by atoms with van der Waals surface area (Å²) in [6.07, 6.45) is 1.86. The topological polar surface area (TPSA) is 59.6 Å². The molecule has 1 amide bonds. The highest BCUT2D eigenvalue weighted by Gasteiger charge is 2.23. The molecule has 5 nitrogen and oxygen atoms in total. The summed E-state index contributed by atoms with van der Waals surface area (Å²) >= 11 is 6.12. The van der Waals surface area contributed by atoms with Gasteiger partial charge in [0, 0.05) is 12.1 Å². The van der Waals surface area contributed by atoms with Crippen LogP contribution >= 0.6 is 11.6 Å². The van der Waals surface area contributed by atoms with Gasteiger partial charge in [0.25, 0.3) is 0 Å². The highest BCUT2D eigenvalue weighted by atomic mass is 35.5. The maximum absolute atomic E-state index is 12.0. The van der Waals surface area contributed by atoms with E-state index >= 15 is 0 Å². The van der Waals surface area contributed by atoms with E-state index in [0.717, 1.165) is 19.4 Å². The quantitative estimate of drug-likeness (QED) is 0.888. The zero-order valence-electron chi connectivity index (χ0n) is 11.0. The van der Waals surface area contributed by atoms with Crippen molar-refractivity contribution in [1.82, 2.24) is 5.32 Å². The van der Waals surface area contributed by atoms with Crippen LogP contribution in [0.15, 0.2) is 12.1 Å². The summed E-state index contributed by atoms with van der Waals surface area (Å²) in [7, 11) is 3.07. The van der Waals surface area contributed by atoms with Crippen LogP contribution in [0, 0.1) is 0 Å². The van der Waals surface area contributed by atoms with Crippen molar-refractivity contribution in [2.75, 3.05) is 26.1 Å². The lowest BCUT2D eigenvalue weighted by molar-refractivity contribution is -0.117. The summed E-state index contributed by atoms with van der Waals surface area (Å²) in [6, 6.07) is 3.13. The largest absolute Gasteiger partial charge is 0.493 e. The predicted molar refractivity (Wildman–Crippen MR) is 74.2 cm³/mol. The first-order valence-electron chi connectivity index (χ1n) is 6.11. The minimum absolute atomic E-state index is 0.0772. The van der Waals surface area contributed by atoms with Crippen LogP contribution in [0.5, 0.6) is 11.5 Å². The zero-order chi connectivity index (χ0) is 13.8. The number of methoxy groups -OCH3 is 2. The molecule has 1 heterocycles. The molecule has 0 bridgehead atoms. The van der Waals surface area contributed by atoms with Gasteiger partial charge in [0.2, 0.25) is 5.91 Å². The number of ether oxygens (including phenoxy) is 2. The van der Waals surface area contributed by atoms with Crippen LogP contribution in [-0.4, -0.2) is 32.7 Å². The van der Waals surface area contributed by atoms with E-state index < -0.39 is 0 Å². The molecule has 104 valence electrons. The minimum Gasteiger partial charge on any atom is -0.493 e. The van der Waals surface area contributed by atoms with Crippen molar-refractivity contribution in [1.29, 1.82) is 0 Å². The van der Waals surface area contributed by atoms with Crippen molar-refractivity contribution in [2.45, 2.75) is 18.9 Å². The molecule has 1 aliphatic rings. The molecule has 1 saturated heterocycles. The molecule has 1 aromatic rings. The third kappa shape index (κ3) is 3.11. The van der Waals surface area contributed by atoms with E-state index in [2.05, 4.69) is 10.6 Å². The summed E-state index contributed by atoms with van der Waals surface area (Å²) in [5, 5.41) is 6.37. The number of halogens is 1. The Balaban J connectivity index is 2.17. The number of carbonyl (C=O) groups is 1. The fraction of sp³-hybridized carbons (Fsp3) is 0.462. The van der Waals surface area contributed by atoms with E-state index in [1.807, 2.05) is 0 Å². The second kappa shape index (κ2) is 6.12. The predicted octanol–water partition coefficient (Wildman–Crippen LogP) is 2.05. The van der Waals surface area contributed by atoms with Crippen LogP contribution in [0.3, 0.4) is 0 Å². The van der Waals surface area contributed by atoms with E-state index in [-0.39, 0.29) is 11.9 Å². The Hall–Kier alpha value is -1.46. The molecule has 1 unspecified atom stereocenters. The average Bonchev–Trinajstić information content (AvgIpc) is 2.94. The smallest absolute Gasteiger partial charge is 0.241 e. The van der Waals surface area contributed by atoms with Gasteiger partial charge in [-0.3, -0.25) is 4.79 Å². The molecule has 0 aliphatic carbocycles. The van der Waals surface area contributed by atoms with E-state index in [9.17, 15) is 4.79 Å². The Morgan fingerprint density at radius 3 is 2.63 bits per heavy atom. The van der Waals surface area contributed by atoms with Gasteiger partial charge in [-0.1, -0.05) is 11.6 Å². The molecular weight excluding hydrogens is 268 g/mol. The van der Waals surface area contributed by atoms with E-state index in [0.29, 0.717) is 22.2 Å². The molecule has 1 fully saturated rings.